The predicted octanol–water partition coefficient (Wildman–Crippen LogP) is 16.8. The van der Waals surface area contributed by atoms with Crippen LogP contribution in [-0.4, -0.2) is 64.6 Å². The standard InChI is InChI=1S/C79H107N3O5/c1-46(2)16-17-48-24-33-73(40-48)26-9-13-53(41-73)50-18-19-51-38-59-47(3)36-52-20-22-61-54-37-55-45-82(61)68(52)65(59)57-25-34-77-70(86-72(85)78(77,66(51)57)63(39-50)79(77)60-15-8-12-49(14-10-35-80)64(60)71(84)87-79)69(83)58-21-23-62(55)81(44-54)67(58)56-42-75(29-6-7-30-75)76(43-56)32-11-31-74(76)27-4-5-28-74/h8,12,15,18-19,46-48,50-51,53-56,58-59,61-63,65,67,83H,4-7,9-11,13-14,16-17,20-45,80H2,1-3H3/b19-18-,70-69+/t47-,48+,50-,51-,53-,54+,55+,56+,58-,59+,61-,62-,63+,65+,67+,73-,76-,77-,78-,79-/m1/s1. The molecule has 0 radical (unpaired) electrons. The van der Waals surface area contributed by atoms with Crippen molar-refractivity contribution in [2.75, 3.05) is 19.6 Å². The van der Waals surface area contributed by atoms with Gasteiger partial charge in [0.25, 0.3) is 0 Å². The fraction of sp³-hybridized carbons (Fsp3) is 0.797. The van der Waals surface area contributed by atoms with Crippen molar-refractivity contribution >= 4 is 11.9 Å². The third-order valence-corrected chi connectivity index (χ3v) is 32.5. The molecule has 20 atom stereocenters. The second kappa shape index (κ2) is 19.1. The fourth-order valence-electron chi connectivity index (χ4n) is 30.0. The Balaban J connectivity index is 0.841. The van der Waals surface area contributed by atoms with E-state index in [4.69, 9.17) is 15.2 Å². The van der Waals surface area contributed by atoms with Crippen molar-refractivity contribution in [3.8, 4) is 0 Å². The Morgan fingerprint density at radius 2 is 1.60 bits per heavy atom. The Hall–Kier alpha value is -3.36. The molecular weight excluding hydrogens is 1070 g/mol. The van der Waals surface area contributed by atoms with Gasteiger partial charge in [0.15, 0.2) is 11.4 Å². The number of ether oxygens (including phenoxy) is 2. The molecule has 1 aromatic carbocycles. The summed E-state index contributed by atoms with van der Waals surface area (Å²) in [7, 11) is 0. The molecule has 8 heteroatoms. The van der Waals surface area contributed by atoms with Gasteiger partial charge in [-0.05, 0) is 265 Å². The van der Waals surface area contributed by atoms with Crippen molar-refractivity contribution in [2.24, 2.45) is 115 Å². The summed E-state index contributed by atoms with van der Waals surface area (Å²) >= 11 is 0. The molecule has 7 heterocycles. The number of hydrogen-bond donors (Lipinski definition) is 2. The number of aliphatic hydroxyl groups is 1. The third kappa shape index (κ3) is 6.82. The minimum atomic E-state index is -1.16. The monoisotopic (exact) mass is 1180 g/mol. The molecule has 7 spiro atoms. The zero-order valence-electron chi connectivity index (χ0n) is 53.8. The van der Waals surface area contributed by atoms with Crippen LogP contribution in [0.5, 0.6) is 0 Å². The Morgan fingerprint density at radius 1 is 0.770 bits per heavy atom. The van der Waals surface area contributed by atoms with Crippen LogP contribution in [0.2, 0.25) is 0 Å². The molecule has 18 aliphatic rings. The number of benzene rings is 1. The SMILES string of the molecule is CC(C)CC[C@H]1CC[C@]2(CCC[C@@H]([C@@H]3/C=C\[C@@H]4C[C@@H]5[C@@H]6C7=C4[C@]48C(=O)O/C(=C(/O)[C@@H]9CC[C@@H]%10[C@H]%11C[C@@H](CN%10[C@H]9[C@H]9CC%10(CCCC%10)[C@]%10(CCCC%10%12CCCC%12)C9)[C@H]9CCC(=C6N9C%11)C[C@H]5C)[C@@]4(CC7)[C@]4(OC(=O)c5c(CCCN)cccc54)[C@H]8C3)C2)C1. The molecule has 0 unspecified atom stereocenters. The van der Waals surface area contributed by atoms with Crippen LogP contribution in [0.3, 0.4) is 0 Å². The Kier molecular flexibility index (Phi) is 12.2. The molecule has 11 aliphatic carbocycles. The number of nitrogens with zero attached hydrogens (tertiary/aromatic N) is 2. The van der Waals surface area contributed by atoms with Gasteiger partial charge in [0.05, 0.1) is 11.0 Å². The number of hydrogen-bond acceptors (Lipinski definition) is 8. The van der Waals surface area contributed by atoms with E-state index >= 15 is 9.59 Å². The highest BCUT2D eigenvalue weighted by atomic mass is 16.6. The summed E-state index contributed by atoms with van der Waals surface area (Å²) in [6.07, 6.45) is 47.5. The van der Waals surface area contributed by atoms with E-state index in [1.807, 2.05) is 0 Å². The van der Waals surface area contributed by atoms with Gasteiger partial charge in [-0.3, -0.25) is 9.69 Å². The summed E-state index contributed by atoms with van der Waals surface area (Å²) in [4.78, 5) is 39.4. The van der Waals surface area contributed by atoms with Gasteiger partial charge in [-0.2, -0.15) is 0 Å². The molecule has 7 saturated carbocycles. The van der Waals surface area contributed by atoms with Gasteiger partial charge < -0.3 is 25.2 Å². The molecular formula is C79H107N3O5. The van der Waals surface area contributed by atoms with Crippen LogP contribution in [-0.2, 0) is 26.3 Å². The first kappa shape index (κ1) is 55.3. The second-order valence-corrected chi connectivity index (χ2v) is 35.6. The smallest absolute Gasteiger partial charge is 0.339 e. The highest BCUT2D eigenvalue weighted by Crippen LogP contribution is 2.89. The summed E-state index contributed by atoms with van der Waals surface area (Å²) in [5.41, 5.74) is 13.9. The van der Waals surface area contributed by atoms with Crippen molar-refractivity contribution in [1.82, 2.24) is 9.80 Å². The summed E-state index contributed by atoms with van der Waals surface area (Å²) in [5.74, 6) is 5.72. The third-order valence-electron chi connectivity index (χ3n) is 32.5. The van der Waals surface area contributed by atoms with Gasteiger partial charge in [0.1, 0.15) is 11.2 Å². The predicted molar refractivity (Wildman–Crippen MR) is 339 cm³/mol. The molecule has 1 aromatic rings. The zero-order chi connectivity index (χ0) is 58.4. The number of nitrogens with two attached hydrogens (primary N) is 1. The highest BCUT2D eigenvalue weighted by molar-refractivity contribution is 6.00. The molecule has 7 bridgehead atoms. The van der Waals surface area contributed by atoms with Crippen molar-refractivity contribution in [2.45, 2.75) is 263 Å². The Bertz CT molecular complexity index is 3200. The number of rotatable bonds is 8. The molecule has 8 nitrogen and oxygen atoms in total. The first-order valence-corrected chi connectivity index (χ1v) is 37.7. The number of carbonyl (C=O) groups excluding carboxylic acids is 2. The number of aliphatic hydroxyl groups excluding tert-OH is 1. The van der Waals surface area contributed by atoms with E-state index in [0.717, 1.165) is 73.6 Å². The lowest BCUT2D eigenvalue weighted by molar-refractivity contribution is -0.283. The summed E-state index contributed by atoms with van der Waals surface area (Å²) in [6.45, 7) is 10.3. The highest BCUT2D eigenvalue weighted by Gasteiger charge is 2.94. The van der Waals surface area contributed by atoms with Crippen molar-refractivity contribution < 1.29 is 24.2 Å². The van der Waals surface area contributed by atoms with E-state index < -0.39 is 16.4 Å². The molecule has 3 N–H and O–H groups in total. The quantitative estimate of drug-likeness (QED) is 0.196. The van der Waals surface area contributed by atoms with Crippen LogP contribution in [0.4, 0.5) is 0 Å². The van der Waals surface area contributed by atoms with E-state index in [1.165, 1.54) is 179 Å². The maximum absolute atomic E-state index is 17.3. The first-order chi connectivity index (χ1) is 42.3. The molecule has 0 amide bonds. The summed E-state index contributed by atoms with van der Waals surface area (Å²) in [5, 5.41) is 14.8. The maximum atomic E-state index is 17.3. The molecule has 468 valence electrons. The molecule has 11 fully saturated rings. The Morgan fingerprint density at radius 3 is 2.44 bits per heavy atom. The van der Waals surface area contributed by atoms with Crippen LogP contribution in [0.25, 0.3) is 0 Å². The molecule has 19 rings (SSSR count). The number of allylic oxidation sites excluding steroid dienone is 4. The second-order valence-electron chi connectivity index (χ2n) is 35.6. The van der Waals surface area contributed by atoms with Gasteiger partial charge in [0.2, 0.25) is 0 Å². The molecule has 4 saturated heterocycles. The van der Waals surface area contributed by atoms with Crippen LogP contribution < -0.4 is 5.73 Å². The summed E-state index contributed by atoms with van der Waals surface area (Å²) < 4.78 is 15.4. The van der Waals surface area contributed by atoms with Crippen molar-refractivity contribution in [3.05, 3.63) is 81.0 Å². The van der Waals surface area contributed by atoms with E-state index in [0.29, 0.717) is 106 Å². The van der Waals surface area contributed by atoms with Gasteiger partial charge in [-0.25, -0.2) is 4.79 Å². The minimum absolute atomic E-state index is 0.0948. The van der Waals surface area contributed by atoms with E-state index in [9.17, 15) is 5.11 Å². The molecule has 87 heavy (non-hydrogen) atoms. The number of aryl methyl sites for hydroxylation is 1. The van der Waals surface area contributed by atoms with Crippen LogP contribution in [0, 0.1) is 109 Å². The van der Waals surface area contributed by atoms with Crippen molar-refractivity contribution in [3.63, 3.8) is 0 Å². The maximum Gasteiger partial charge on any atom is 0.339 e. The molecule has 0 aromatic heterocycles. The van der Waals surface area contributed by atoms with Crippen molar-refractivity contribution in [1.29, 1.82) is 0 Å². The average molecular weight is 1180 g/mol. The topological polar surface area (TPSA) is 105 Å². The van der Waals surface area contributed by atoms with Gasteiger partial charge in [-0.1, -0.05) is 114 Å². The normalized spacial score (nSPS) is 49.1. The van der Waals surface area contributed by atoms with E-state index in [1.54, 1.807) is 16.8 Å². The van der Waals surface area contributed by atoms with Crippen LogP contribution in [0.1, 0.15) is 254 Å². The largest absolute Gasteiger partial charge is 0.508 e. The molecule has 7 aliphatic heterocycles. The van der Waals surface area contributed by atoms with E-state index in [2.05, 4.69) is 60.9 Å². The Labute approximate surface area is 521 Å². The van der Waals surface area contributed by atoms with E-state index in [-0.39, 0.29) is 41.7 Å². The number of esters is 2. The van der Waals surface area contributed by atoms with Crippen LogP contribution >= 0.6 is 0 Å². The number of fused-ring (bicyclic) bond motifs is 10. The number of carbonyl (C=O) groups is 2. The number of piperidine rings is 3. The first-order valence-electron chi connectivity index (χ1n) is 37.7. The lowest BCUT2D eigenvalue weighted by Gasteiger charge is -2.73. The van der Waals surface area contributed by atoms with Crippen LogP contribution in [0.15, 0.2) is 64.3 Å². The zero-order valence-corrected chi connectivity index (χ0v) is 53.8. The average Bonchev–Trinajstić information content (AvgIpc) is 1.51. The van der Waals surface area contributed by atoms with Gasteiger partial charge >= 0.3 is 11.9 Å². The van der Waals surface area contributed by atoms with Gasteiger partial charge in [0, 0.05) is 60.2 Å². The summed E-state index contributed by atoms with van der Waals surface area (Å²) in [6, 6.07) is 7.89. The minimum Gasteiger partial charge on any atom is -0.508 e. The fourth-order valence-corrected chi connectivity index (χ4v) is 30.0. The van der Waals surface area contributed by atoms with Gasteiger partial charge in [-0.15, -0.1) is 0 Å². The lowest BCUT2D eigenvalue weighted by Crippen LogP contribution is -2.78. The lowest BCUT2D eigenvalue weighted by atomic mass is 9.27.